The highest BCUT2D eigenvalue weighted by Gasteiger charge is 2.52. The second-order valence-corrected chi connectivity index (χ2v) is 40.4. The summed E-state index contributed by atoms with van der Waals surface area (Å²) in [4.78, 5) is 63.9. The number of allylic oxidation sites excluding steroid dienone is 6. The quantitative estimate of drug-likeness (QED) is 0.00871. The highest BCUT2D eigenvalue weighted by molar-refractivity contribution is 7.30. The van der Waals surface area contributed by atoms with Crippen molar-refractivity contribution in [2.45, 2.75) is 347 Å². The van der Waals surface area contributed by atoms with Crippen LogP contribution in [0, 0.1) is 87.9 Å². The number of unbranched alkanes of at least 4 members (excludes halogenated alkanes) is 24. The maximum absolute atomic E-state index is 15.2. The molecule has 6 aliphatic carbocycles. The van der Waals surface area contributed by atoms with Crippen LogP contribution in [0.4, 0.5) is 17.6 Å². The first-order chi connectivity index (χ1) is 59.0. The molecule has 0 amide bonds. The number of alkyl halides is 4. The van der Waals surface area contributed by atoms with Gasteiger partial charge in [-0.25, -0.2) is 27.7 Å². The van der Waals surface area contributed by atoms with Crippen LogP contribution in [0.2, 0.25) is 0 Å². The third-order valence-electron chi connectivity index (χ3n) is 26.7. The van der Waals surface area contributed by atoms with Crippen molar-refractivity contribution in [3.8, 4) is 50.6 Å². The summed E-state index contributed by atoms with van der Waals surface area (Å²) in [7, 11) is 0. The summed E-state index contributed by atoms with van der Waals surface area (Å²) in [6.45, 7) is 17.8. The van der Waals surface area contributed by atoms with Gasteiger partial charge in [-0.1, -0.05) is 207 Å². The molecule has 1 aromatic carbocycles. The number of ketones is 2. The molecule has 0 aliphatic heterocycles. The molecule has 0 spiro atoms. The first-order valence-corrected chi connectivity index (χ1v) is 50.2. The molecule has 14 nitrogen and oxygen atoms in total. The number of halogens is 4. The molecule has 6 aromatic rings. The number of nitrogens with zero attached hydrogens (tertiary/aromatic N) is 6. The first-order valence-electron chi connectivity index (χ1n) is 46.2. The lowest BCUT2D eigenvalue weighted by atomic mass is 9.77. The van der Waals surface area contributed by atoms with E-state index in [-0.39, 0.29) is 83.0 Å². The van der Waals surface area contributed by atoms with E-state index in [4.69, 9.17) is 34.3 Å². The van der Waals surface area contributed by atoms with Gasteiger partial charge in [0.15, 0.2) is 23.1 Å². The lowest BCUT2D eigenvalue weighted by Crippen LogP contribution is -2.34. The van der Waals surface area contributed by atoms with E-state index in [0.29, 0.717) is 120 Å². The fourth-order valence-corrected chi connectivity index (χ4v) is 25.1. The van der Waals surface area contributed by atoms with Crippen molar-refractivity contribution in [2.75, 3.05) is 13.2 Å². The molecular formula is C98H124F4N6O8S5. The third-order valence-corrected chi connectivity index (χ3v) is 31.7. The maximum atomic E-state index is 15.2. The van der Waals surface area contributed by atoms with Gasteiger partial charge in [-0.2, -0.15) is 19.3 Å². The largest absolute Gasteiger partial charge is 0.486 e. The van der Waals surface area contributed by atoms with E-state index in [1.165, 1.54) is 199 Å². The molecule has 10 atom stereocenters. The number of carbonyl (C=O) groups excluding carboxylic acids is 4. The van der Waals surface area contributed by atoms with Crippen LogP contribution in [0.3, 0.4) is 0 Å². The molecule has 652 valence electrons. The van der Waals surface area contributed by atoms with Gasteiger partial charge < -0.3 is 18.9 Å². The molecule has 5 heterocycles. The average Bonchev–Trinajstić information content (AvgIpc) is 1.61. The second-order valence-electron chi connectivity index (χ2n) is 35.4. The van der Waals surface area contributed by atoms with Crippen molar-refractivity contribution < 1.29 is 55.7 Å². The number of carbonyl (C=O) groups is 4. The van der Waals surface area contributed by atoms with Gasteiger partial charge in [-0.3, -0.25) is 19.2 Å². The minimum absolute atomic E-state index is 0.120. The summed E-state index contributed by atoms with van der Waals surface area (Å²) in [5.41, 5.74) is 2.39. The number of hydrogen-bond donors (Lipinski definition) is 0. The SMILES string of the molecule is [C-]#[N+]/C(C#N)=C1/C(=C/c2cc3sc(-c4c(OC5CCC(C(=O)OCC(CCCCCCCC)CCCCCCCCCC)CC5)c(OC5CCC(C(=O)OCC(CCCCCCCC)CCCCCCCCCC)CC5)c(-c5cc6sc(/C=C7\C(=O)C8CC(F)C(F)CC8C7=C(C#N)C#N)cc6s5)c5nsnc45)cc3s2)C(=O)C2CC(F)C(F)CC12. The highest BCUT2D eigenvalue weighted by Crippen LogP contribution is 2.58. The van der Waals surface area contributed by atoms with E-state index in [2.05, 4.69) is 44.7 Å². The van der Waals surface area contributed by atoms with Crippen molar-refractivity contribution in [3.05, 3.63) is 79.0 Å². The Bertz CT molecular complexity index is 4400. The van der Waals surface area contributed by atoms with Gasteiger partial charge >= 0.3 is 11.9 Å². The van der Waals surface area contributed by atoms with Crippen molar-refractivity contribution in [2.24, 2.45) is 47.3 Å². The van der Waals surface area contributed by atoms with E-state index < -0.39 is 72.1 Å². The summed E-state index contributed by atoms with van der Waals surface area (Å²) < 4.78 is 102. The van der Waals surface area contributed by atoms with Gasteiger partial charge in [-0.05, 0) is 174 Å². The molecule has 5 aromatic heterocycles. The number of rotatable bonds is 46. The van der Waals surface area contributed by atoms with E-state index in [1.807, 2.05) is 30.3 Å². The smallest absolute Gasteiger partial charge is 0.308 e. The number of nitriles is 3. The fourth-order valence-electron chi connectivity index (χ4n) is 19.7. The molecule has 6 fully saturated rings. The van der Waals surface area contributed by atoms with Gasteiger partial charge in [0, 0.05) is 61.3 Å². The number of aromatic nitrogens is 2. The van der Waals surface area contributed by atoms with Crippen LogP contribution in [-0.2, 0) is 28.7 Å². The van der Waals surface area contributed by atoms with Crippen LogP contribution in [0.25, 0.3) is 67.7 Å². The Labute approximate surface area is 734 Å². The van der Waals surface area contributed by atoms with Crippen LogP contribution in [0.15, 0.2) is 57.8 Å². The number of benzene rings is 1. The monoisotopic (exact) mass is 1750 g/mol. The van der Waals surface area contributed by atoms with Gasteiger partial charge in [0.1, 0.15) is 53.4 Å². The Morgan fingerprint density at radius 2 is 0.793 bits per heavy atom. The predicted molar refractivity (Wildman–Crippen MR) is 482 cm³/mol. The minimum Gasteiger partial charge on any atom is -0.486 e. The zero-order valence-electron chi connectivity index (χ0n) is 71.6. The summed E-state index contributed by atoms with van der Waals surface area (Å²) >= 11 is 6.80. The minimum atomic E-state index is -1.84. The predicted octanol–water partition coefficient (Wildman–Crippen LogP) is 28.7. The van der Waals surface area contributed by atoms with Crippen LogP contribution in [0.1, 0.15) is 320 Å². The van der Waals surface area contributed by atoms with Crippen molar-refractivity contribution in [1.82, 2.24) is 8.75 Å². The third kappa shape index (κ3) is 23.9. The van der Waals surface area contributed by atoms with Crippen LogP contribution in [-0.4, -0.2) is 82.4 Å². The fraction of sp³-hybridized carbons (Fsp3) is 0.653. The molecule has 0 bridgehead atoms. The van der Waals surface area contributed by atoms with Gasteiger partial charge in [-0.15, -0.1) is 45.3 Å². The average molecular weight is 1750 g/mol. The second kappa shape index (κ2) is 46.7. The standard InChI is InChI=1S/C98H124F4N6O8S5/c1-6-10-14-18-22-24-28-32-36-61(34-30-26-20-16-12-8-3)59-113-97(111)63-38-42-66(43-39-63)115-95-89(85-54-83-81(119-85)48-68(117-83)46-74-87(65(56-103)57-104)70-50-76(99)78(101)52-72(70)93(74)109)91-92(108-121-107-91)90(86-55-84-82(120-86)49-69(118-84)47-75-88(80(58-105)106-5)71-51-77(100)79(102)53-73(71)94(75)110)96(95)116-67-44-40-64(41-45-67)98(112)114-60-62(35-31-27-21-17-13-9-4)37-33-29-25-23-19-15-11-7-2/h46-49,54-55,61-64,66-67,70-73,76-79H,6-45,50-53,59-60H2,1-4H3/b74-46-,75-47-,88-80+. The number of esters is 2. The molecule has 0 N–H and O–H groups in total. The molecule has 23 heteroatoms. The Balaban J connectivity index is 0.881. The van der Waals surface area contributed by atoms with E-state index in [0.717, 1.165) is 91.6 Å². The maximum Gasteiger partial charge on any atom is 0.308 e. The summed E-state index contributed by atoms with van der Waals surface area (Å²) in [6, 6.07) is 13.8. The highest BCUT2D eigenvalue weighted by atomic mass is 32.1. The van der Waals surface area contributed by atoms with Crippen molar-refractivity contribution in [3.63, 3.8) is 0 Å². The van der Waals surface area contributed by atoms with E-state index in [9.17, 15) is 35.0 Å². The molecule has 12 rings (SSSR count). The topological polar surface area (TPSA) is 207 Å². The lowest BCUT2D eigenvalue weighted by Gasteiger charge is -2.32. The molecule has 10 unspecified atom stereocenters. The van der Waals surface area contributed by atoms with Gasteiger partial charge in [0.2, 0.25) is 0 Å². The van der Waals surface area contributed by atoms with Gasteiger partial charge in [0.05, 0.1) is 72.8 Å². The number of hydrogen-bond acceptors (Lipinski definition) is 18. The van der Waals surface area contributed by atoms with Crippen LogP contribution < -0.4 is 9.47 Å². The van der Waals surface area contributed by atoms with Crippen LogP contribution >= 0.6 is 57.1 Å². The lowest BCUT2D eigenvalue weighted by molar-refractivity contribution is -0.152. The van der Waals surface area contributed by atoms with Gasteiger partial charge in [0.25, 0.3) is 5.70 Å². The zero-order valence-corrected chi connectivity index (χ0v) is 75.7. The molecule has 0 radical (unpaired) electrons. The zero-order chi connectivity index (χ0) is 85.3. The van der Waals surface area contributed by atoms with Crippen molar-refractivity contribution >= 4 is 123 Å². The Hall–Kier alpha value is -7.12. The van der Waals surface area contributed by atoms with E-state index >= 15 is 17.6 Å². The number of thiophene rings is 4. The summed E-state index contributed by atoms with van der Waals surface area (Å²) in [5, 5.41) is 30.6. The van der Waals surface area contributed by atoms with E-state index in [1.54, 1.807) is 12.2 Å². The molecule has 6 saturated carbocycles. The Morgan fingerprint density at radius 1 is 0.463 bits per heavy atom. The normalized spacial score (nSPS) is 24.5. The molecule has 0 saturated heterocycles. The summed E-state index contributed by atoms with van der Waals surface area (Å²) in [6.07, 6.45) is 36.7. The number of fused-ring (bicyclic) bond motifs is 5. The molecular weight excluding hydrogens is 1630 g/mol. The van der Waals surface area contributed by atoms with Crippen molar-refractivity contribution in [1.29, 1.82) is 15.8 Å². The Morgan fingerprint density at radius 3 is 1.13 bits per heavy atom. The molecule has 6 aliphatic rings. The number of ether oxygens (including phenoxy) is 4. The Kier molecular flexibility index (Phi) is 35.9. The van der Waals surface area contributed by atoms with Crippen LogP contribution in [0.5, 0.6) is 11.5 Å². The molecule has 121 heavy (non-hydrogen) atoms. The first kappa shape index (κ1) is 93.0. The number of Topliss-reactive ketones (excluding diaryl/α,β-unsaturated/α-hetero) is 2. The summed E-state index contributed by atoms with van der Waals surface area (Å²) in [5.74, 6) is -3.68.